The second-order valence-electron chi connectivity index (χ2n) is 13.7. The molecule has 3 aromatic carbocycles. The molecule has 0 spiro atoms. The van der Waals surface area contributed by atoms with Gasteiger partial charge in [0.05, 0.1) is 54.4 Å². The van der Waals surface area contributed by atoms with Crippen LogP contribution in [0.5, 0.6) is 34.5 Å². The summed E-state index contributed by atoms with van der Waals surface area (Å²) in [6.45, 7) is 8.53. The number of ether oxygens (including phenoxy) is 6. The van der Waals surface area contributed by atoms with Crippen LogP contribution >= 0.6 is 0 Å². The normalized spacial score (nSPS) is 16.5. The molecule has 0 saturated carbocycles. The number of anilines is 1. The standard InChI is InChI=1S/C41H54N4O9/c1-10-24(2)36(41(48)45-19-17-44(18-20-45)23-27-12-16-33(49-4)38(52-7)37(27)51-6)43-31-15-13-28-29(22-32(31)47)30(42-25(3)46)14-11-26-21-34(50-5)39(53-8)40(54-9)35(26)28/h12-13,15-16,21-22,24,30,36H,10-11,14,17-20,23H2,1-9H3,(H,42,46)(H,43,47). The minimum atomic E-state index is -0.639. The van der Waals surface area contributed by atoms with E-state index in [9.17, 15) is 14.4 Å². The van der Waals surface area contributed by atoms with Crippen molar-refractivity contribution < 1.29 is 38.0 Å². The molecule has 0 aromatic heterocycles. The van der Waals surface area contributed by atoms with Crippen LogP contribution in [0.2, 0.25) is 0 Å². The van der Waals surface area contributed by atoms with E-state index in [1.165, 1.54) is 6.92 Å². The quantitative estimate of drug-likeness (QED) is 0.229. The van der Waals surface area contributed by atoms with Crippen LogP contribution in [-0.2, 0) is 22.6 Å². The molecule has 1 aliphatic heterocycles. The first kappa shape index (κ1) is 40.0. The SMILES string of the molecule is CCC(C)C(Nc1ccc2c(cc1=O)C(NC(C)=O)CCc1cc(OC)c(OC)c(OC)c1-2)C(=O)N1CCN(Cc2ccc(OC)c(OC)c2OC)CC1. The molecule has 3 unspecified atom stereocenters. The van der Waals surface area contributed by atoms with Gasteiger partial charge < -0.3 is 44.0 Å². The van der Waals surface area contributed by atoms with E-state index in [-0.39, 0.29) is 23.2 Å². The Morgan fingerprint density at radius 2 is 1.46 bits per heavy atom. The van der Waals surface area contributed by atoms with Crippen LogP contribution < -0.4 is 44.5 Å². The molecule has 2 amide bonds. The Morgan fingerprint density at radius 3 is 2.06 bits per heavy atom. The van der Waals surface area contributed by atoms with Gasteiger partial charge in [-0.15, -0.1) is 0 Å². The monoisotopic (exact) mass is 746 g/mol. The lowest BCUT2D eigenvalue weighted by molar-refractivity contribution is -0.135. The number of fused-ring (bicyclic) bond motifs is 3. The Kier molecular flexibility index (Phi) is 13.2. The molecule has 2 aliphatic rings. The third-order valence-corrected chi connectivity index (χ3v) is 10.6. The van der Waals surface area contributed by atoms with Crippen molar-refractivity contribution in [3.05, 3.63) is 63.3 Å². The minimum absolute atomic E-state index is 0.0554. The zero-order valence-electron chi connectivity index (χ0n) is 32.9. The fourth-order valence-electron chi connectivity index (χ4n) is 7.53. The Morgan fingerprint density at radius 1 is 0.815 bits per heavy atom. The number of piperazine rings is 1. The second kappa shape index (κ2) is 17.8. The summed E-state index contributed by atoms with van der Waals surface area (Å²) in [5, 5.41) is 6.42. The summed E-state index contributed by atoms with van der Waals surface area (Å²) >= 11 is 0. The number of hydrogen-bond acceptors (Lipinski definition) is 11. The average molecular weight is 747 g/mol. The topological polar surface area (TPSA) is 137 Å². The molecule has 13 nitrogen and oxygen atoms in total. The lowest BCUT2D eigenvalue weighted by atomic mass is 9.95. The van der Waals surface area contributed by atoms with Gasteiger partial charge in [-0.1, -0.05) is 32.4 Å². The van der Waals surface area contributed by atoms with E-state index in [1.54, 1.807) is 54.8 Å². The molecule has 1 aliphatic carbocycles. The molecule has 0 bridgehead atoms. The largest absolute Gasteiger partial charge is 0.493 e. The molecular formula is C41H54N4O9. The Labute approximate surface area is 317 Å². The Bertz CT molecular complexity index is 1890. The van der Waals surface area contributed by atoms with Crippen LogP contribution in [0.15, 0.2) is 41.2 Å². The number of hydrogen-bond donors (Lipinski definition) is 2. The smallest absolute Gasteiger partial charge is 0.245 e. The fourth-order valence-corrected chi connectivity index (χ4v) is 7.53. The highest BCUT2D eigenvalue weighted by atomic mass is 16.5. The van der Waals surface area contributed by atoms with Crippen LogP contribution in [0.25, 0.3) is 11.1 Å². The molecule has 54 heavy (non-hydrogen) atoms. The number of rotatable bonds is 14. The van der Waals surface area contributed by atoms with Crippen molar-refractivity contribution in [2.45, 2.75) is 58.7 Å². The van der Waals surface area contributed by atoms with Crippen molar-refractivity contribution >= 4 is 17.5 Å². The van der Waals surface area contributed by atoms with E-state index < -0.39 is 12.1 Å². The fraction of sp³-hybridized carbons (Fsp3) is 0.488. The lowest BCUT2D eigenvalue weighted by Gasteiger charge is -2.38. The molecule has 0 radical (unpaired) electrons. The maximum atomic E-state index is 14.3. The van der Waals surface area contributed by atoms with Crippen molar-refractivity contribution in [1.82, 2.24) is 15.1 Å². The molecular weight excluding hydrogens is 692 g/mol. The van der Waals surface area contributed by atoms with Gasteiger partial charge in [0.15, 0.2) is 23.0 Å². The summed E-state index contributed by atoms with van der Waals surface area (Å²) < 4.78 is 34.0. The Balaban J connectivity index is 1.44. The highest BCUT2D eigenvalue weighted by Crippen LogP contribution is 2.50. The van der Waals surface area contributed by atoms with Gasteiger partial charge in [-0.2, -0.15) is 0 Å². The summed E-state index contributed by atoms with van der Waals surface area (Å²) in [4.78, 5) is 44.9. The molecule has 2 N–H and O–H groups in total. The second-order valence-corrected chi connectivity index (χ2v) is 13.7. The molecule has 5 rings (SSSR count). The number of carbonyl (C=O) groups is 2. The van der Waals surface area contributed by atoms with E-state index in [1.807, 2.05) is 43.0 Å². The maximum Gasteiger partial charge on any atom is 0.245 e. The van der Waals surface area contributed by atoms with Crippen molar-refractivity contribution in [2.75, 3.05) is 74.2 Å². The number of carbonyl (C=O) groups excluding carboxylic acids is 2. The van der Waals surface area contributed by atoms with Crippen LogP contribution in [0.3, 0.4) is 0 Å². The van der Waals surface area contributed by atoms with Gasteiger partial charge in [0.2, 0.25) is 28.7 Å². The highest BCUT2D eigenvalue weighted by molar-refractivity contribution is 5.86. The van der Waals surface area contributed by atoms with Crippen LogP contribution in [-0.4, -0.2) is 96.5 Å². The van der Waals surface area contributed by atoms with E-state index in [4.69, 9.17) is 28.4 Å². The first-order chi connectivity index (χ1) is 26.0. The number of nitrogens with one attached hydrogen (secondary N) is 2. The van der Waals surface area contributed by atoms with Crippen LogP contribution in [0, 0.1) is 5.92 Å². The van der Waals surface area contributed by atoms with Gasteiger partial charge in [-0.05, 0) is 59.7 Å². The third kappa shape index (κ3) is 8.15. The number of aryl methyl sites for hydroxylation is 1. The van der Waals surface area contributed by atoms with Gasteiger partial charge in [-0.3, -0.25) is 19.3 Å². The van der Waals surface area contributed by atoms with Crippen LogP contribution in [0.1, 0.15) is 56.3 Å². The average Bonchev–Trinajstić information content (AvgIpc) is 3.42. The summed E-state index contributed by atoms with van der Waals surface area (Å²) in [7, 11) is 9.48. The van der Waals surface area contributed by atoms with E-state index in [2.05, 4.69) is 15.5 Å². The molecule has 13 heteroatoms. The van der Waals surface area contributed by atoms with Gasteiger partial charge in [0.25, 0.3) is 0 Å². The van der Waals surface area contributed by atoms with Gasteiger partial charge in [-0.25, -0.2) is 0 Å². The van der Waals surface area contributed by atoms with Gasteiger partial charge >= 0.3 is 0 Å². The zero-order chi connectivity index (χ0) is 39.1. The number of nitrogens with zero attached hydrogens (tertiary/aromatic N) is 2. The first-order valence-corrected chi connectivity index (χ1v) is 18.4. The predicted molar refractivity (Wildman–Crippen MR) is 208 cm³/mol. The van der Waals surface area contributed by atoms with Crippen molar-refractivity contribution in [3.8, 4) is 45.6 Å². The third-order valence-electron chi connectivity index (χ3n) is 10.6. The van der Waals surface area contributed by atoms with Crippen LogP contribution in [0.4, 0.5) is 5.69 Å². The molecule has 1 saturated heterocycles. The van der Waals surface area contributed by atoms with Crippen molar-refractivity contribution in [3.63, 3.8) is 0 Å². The van der Waals surface area contributed by atoms with Gasteiger partial charge in [0, 0.05) is 50.8 Å². The summed E-state index contributed by atoms with van der Waals surface area (Å²) in [5.74, 6) is 2.87. The predicted octanol–water partition coefficient (Wildman–Crippen LogP) is 5.06. The number of methoxy groups -OCH3 is 6. The summed E-state index contributed by atoms with van der Waals surface area (Å²) in [5.41, 5.74) is 4.04. The number of amides is 2. The molecule has 1 fully saturated rings. The van der Waals surface area contributed by atoms with Gasteiger partial charge in [0.1, 0.15) is 6.04 Å². The number of benzene rings is 2. The molecule has 292 valence electrons. The minimum Gasteiger partial charge on any atom is -0.493 e. The Hall–Kier alpha value is -5.17. The van der Waals surface area contributed by atoms with E-state index in [0.717, 1.165) is 28.7 Å². The first-order valence-electron chi connectivity index (χ1n) is 18.4. The summed E-state index contributed by atoms with van der Waals surface area (Å²) in [6.07, 6.45) is 1.86. The summed E-state index contributed by atoms with van der Waals surface area (Å²) in [6, 6.07) is 9.85. The van der Waals surface area contributed by atoms with Crippen molar-refractivity contribution in [2.24, 2.45) is 5.92 Å². The maximum absolute atomic E-state index is 14.3. The molecule has 3 aromatic rings. The lowest BCUT2D eigenvalue weighted by Crippen LogP contribution is -2.54. The highest BCUT2D eigenvalue weighted by Gasteiger charge is 2.33. The zero-order valence-corrected chi connectivity index (χ0v) is 32.9. The van der Waals surface area contributed by atoms with Crippen molar-refractivity contribution in [1.29, 1.82) is 0 Å². The van der Waals surface area contributed by atoms with E-state index >= 15 is 0 Å². The molecule has 1 heterocycles. The molecule has 3 atom stereocenters. The van der Waals surface area contributed by atoms with E-state index in [0.29, 0.717) is 91.3 Å².